The van der Waals surface area contributed by atoms with Crippen LogP contribution in [0.5, 0.6) is 5.88 Å². The average molecular weight is 398 g/mol. The Morgan fingerprint density at radius 3 is 2.39 bits per heavy atom. The van der Waals surface area contributed by atoms with Gasteiger partial charge in [-0.2, -0.15) is 0 Å². The zero-order valence-corrected chi connectivity index (χ0v) is 16.9. The van der Waals surface area contributed by atoms with E-state index in [0.717, 1.165) is 48.2 Å². The Labute approximate surface area is 170 Å². The number of pyridine rings is 1. The van der Waals surface area contributed by atoms with Gasteiger partial charge in [0, 0.05) is 37.3 Å². The van der Waals surface area contributed by atoms with Gasteiger partial charge in [0.15, 0.2) is 0 Å². The van der Waals surface area contributed by atoms with Crippen LogP contribution in [-0.2, 0) is 0 Å². The monoisotopic (exact) mass is 397 g/mol. The molecular formula is C21H24ClN5O. The first kappa shape index (κ1) is 18.7. The Kier molecular flexibility index (Phi) is 5.48. The number of ether oxygens (including phenoxy) is 1. The van der Waals surface area contributed by atoms with Crippen molar-refractivity contribution < 1.29 is 4.74 Å². The highest BCUT2D eigenvalue weighted by atomic mass is 35.5. The molecule has 0 saturated heterocycles. The Balaban J connectivity index is 1.53. The predicted molar refractivity (Wildman–Crippen MR) is 111 cm³/mol. The SMILES string of the molecule is CN(C)c1nnc(C2CCC(Oc3ccccn3)CC2)n1-c1ccc(Cl)cc1. The molecule has 0 aliphatic heterocycles. The molecule has 0 N–H and O–H groups in total. The van der Waals surface area contributed by atoms with E-state index < -0.39 is 0 Å². The summed E-state index contributed by atoms with van der Waals surface area (Å²) in [4.78, 5) is 6.26. The molecule has 1 saturated carbocycles. The molecule has 0 atom stereocenters. The summed E-state index contributed by atoms with van der Waals surface area (Å²) in [6, 6.07) is 13.6. The summed E-state index contributed by atoms with van der Waals surface area (Å²) in [6.45, 7) is 0. The molecule has 28 heavy (non-hydrogen) atoms. The fourth-order valence-corrected chi connectivity index (χ4v) is 3.83. The lowest BCUT2D eigenvalue weighted by atomic mass is 9.86. The first-order chi connectivity index (χ1) is 13.6. The molecular weight excluding hydrogens is 374 g/mol. The van der Waals surface area contributed by atoms with Crippen molar-refractivity contribution in [2.45, 2.75) is 37.7 Å². The van der Waals surface area contributed by atoms with Crippen LogP contribution in [0.1, 0.15) is 37.4 Å². The minimum Gasteiger partial charge on any atom is -0.474 e. The summed E-state index contributed by atoms with van der Waals surface area (Å²) in [5.41, 5.74) is 1.03. The normalized spacial score (nSPS) is 19.4. The van der Waals surface area contributed by atoms with E-state index in [1.807, 2.05) is 61.5 Å². The van der Waals surface area contributed by atoms with Crippen molar-refractivity contribution in [3.8, 4) is 11.6 Å². The van der Waals surface area contributed by atoms with E-state index in [0.29, 0.717) is 11.8 Å². The van der Waals surface area contributed by atoms with Crippen LogP contribution in [0.15, 0.2) is 48.7 Å². The van der Waals surface area contributed by atoms with Crippen LogP contribution in [-0.4, -0.2) is 39.9 Å². The second kappa shape index (κ2) is 8.19. The molecule has 2 aromatic heterocycles. The second-order valence-electron chi connectivity index (χ2n) is 7.32. The van der Waals surface area contributed by atoms with Gasteiger partial charge < -0.3 is 9.64 Å². The van der Waals surface area contributed by atoms with Crippen molar-refractivity contribution in [2.75, 3.05) is 19.0 Å². The molecule has 1 aliphatic carbocycles. The Morgan fingerprint density at radius 1 is 1.00 bits per heavy atom. The van der Waals surface area contributed by atoms with Gasteiger partial charge in [-0.3, -0.25) is 4.57 Å². The molecule has 6 nitrogen and oxygen atoms in total. The number of hydrogen-bond acceptors (Lipinski definition) is 5. The molecule has 7 heteroatoms. The lowest BCUT2D eigenvalue weighted by Crippen LogP contribution is -2.25. The molecule has 1 fully saturated rings. The van der Waals surface area contributed by atoms with Crippen LogP contribution >= 0.6 is 11.6 Å². The quantitative estimate of drug-likeness (QED) is 0.635. The topological polar surface area (TPSA) is 56.1 Å². The third kappa shape index (κ3) is 3.97. The summed E-state index contributed by atoms with van der Waals surface area (Å²) in [7, 11) is 3.97. The highest BCUT2D eigenvalue weighted by molar-refractivity contribution is 6.30. The van der Waals surface area contributed by atoms with Gasteiger partial charge in [-0.05, 0) is 56.0 Å². The first-order valence-electron chi connectivity index (χ1n) is 9.58. The fourth-order valence-electron chi connectivity index (χ4n) is 3.71. The molecule has 146 valence electrons. The van der Waals surface area contributed by atoms with Crippen molar-refractivity contribution >= 4 is 17.5 Å². The fraction of sp³-hybridized carbons (Fsp3) is 0.381. The second-order valence-corrected chi connectivity index (χ2v) is 7.76. The molecule has 1 aromatic carbocycles. The number of hydrogen-bond donors (Lipinski definition) is 0. The molecule has 3 aromatic rings. The summed E-state index contributed by atoms with van der Waals surface area (Å²) in [5, 5.41) is 9.71. The van der Waals surface area contributed by atoms with E-state index in [2.05, 4.69) is 19.7 Å². The average Bonchev–Trinajstić information content (AvgIpc) is 3.15. The predicted octanol–water partition coefficient (Wildman–Crippen LogP) is 4.49. The molecule has 2 heterocycles. The van der Waals surface area contributed by atoms with Crippen LogP contribution in [0.4, 0.5) is 5.95 Å². The molecule has 0 unspecified atom stereocenters. The molecule has 1 aliphatic rings. The van der Waals surface area contributed by atoms with E-state index in [9.17, 15) is 0 Å². The number of benzene rings is 1. The Bertz CT molecular complexity index is 902. The smallest absolute Gasteiger partial charge is 0.231 e. The maximum absolute atomic E-state index is 6.08. The largest absolute Gasteiger partial charge is 0.474 e. The summed E-state index contributed by atoms with van der Waals surface area (Å²) < 4.78 is 8.17. The lowest BCUT2D eigenvalue weighted by molar-refractivity contribution is 0.139. The number of anilines is 1. The zero-order valence-electron chi connectivity index (χ0n) is 16.1. The van der Waals surface area contributed by atoms with Crippen molar-refractivity contribution in [1.29, 1.82) is 0 Å². The Morgan fingerprint density at radius 2 is 1.75 bits per heavy atom. The van der Waals surface area contributed by atoms with Gasteiger partial charge in [0.25, 0.3) is 0 Å². The van der Waals surface area contributed by atoms with E-state index in [-0.39, 0.29) is 6.10 Å². The van der Waals surface area contributed by atoms with Crippen molar-refractivity contribution in [3.05, 3.63) is 59.5 Å². The van der Waals surface area contributed by atoms with E-state index in [4.69, 9.17) is 16.3 Å². The third-order valence-electron chi connectivity index (χ3n) is 5.12. The number of aromatic nitrogens is 4. The molecule has 0 spiro atoms. The molecule has 0 radical (unpaired) electrons. The van der Waals surface area contributed by atoms with Crippen LogP contribution in [0.2, 0.25) is 5.02 Å². The minimum absolute atomic E-state index is 0.200. The standard InChI is InChI=1S/C21H24ClN5O/c1-26(2)21-25-24-20(27(21)17-10-8-16(22)9-11-17)15-6-12-18(13-7-15)28-19-5-3-4-14-23-19/h3-5,8-11,14-15,18H,6-7,12-13H2,1-2H3. The minimum atomic E-state index is 0.200. The number of rotatable bonds is 5. The lowest BCUT2D eigenvalue weighted by Gasteiger charge is -2.28. The molecule has 0 amide bonds. The van der Waals surface area contributed by atoms with Gasteiger partial charge in [-0.15, -0.1) is 10.2 Å². The van der Waals surface area contributed by atoms with Crippen LogP contribution < -0.4 is 9.64 Å². The van der Waals surface area contributed by atoms with Crippen molar-refractivity contribution in [3.63, 3.8) is 0 Å². The maximum Gasteiger partial charge on any atom is 0.231 e. The van der Waals surface area contributed by atoms with Crippen LogP contribution in [0, 0.1) is 0 Å². The molecule has 0 bridgehead atoms. The van der Waals surface area contributed by atoms with Crippen molar-refractivity contribution in [2.24, 2.45) is 0 Å². The van der Waals surface area contributed by atoms with Gasteiger partial charge >= 0.3 is 0 Å². The molecule has 4 rings (SSSR count). The highest BCUT2D eigenvalue weighted by Gasteiger charge is 2.29. The van der Waals surface area contributed by atoms with Gasteiger partial charge in [0.05, 0.1) is 5.69 Å². The van der Waals surface area contributed by atoms with Crippen LogP contribution in [0.25, 0.3) is 5.69 Å². The first-order valence-corrected chi connectivity index (χ1v) is 9.96. The van der Waals surface area contributed by atoms with Crippen molar-refractivity contribution in [1.82, 2.24) is 19.7 Å². The number of halogens is 1. The highest BCUT2D eigenvalue weighted by Crippen LogP contribution is 2.36. The van der Waals surface area contributed by atoms with E-state index >= 15 is 0 Å². The van der Waals surface area contributed by atoms with Gasteiger partial charge in [0.2, 0.25) is 11.8 Å². The zero-order chi connectivity index (χ0) is 19.5. The maximum atomic E-state index is 6.08. The van der Waals surface area contributed by atoms with Crippen LogP contribution in [0.3, 0.4) is 0 Å². The van der Waals surface area contributed by atoms with Gasteiger partial charge in [-0.1, -0.05) is 17.7 Å². The third-order valence-corrected chi connectivity index (χ3v) is 5.37. The van der Waals surface area contributed by atoms with Gasteiger partial charge in [0.1, 0.15) is 11.9 Å². The van der Waals surface area contributed by atoms with E-state index in [1.165, 1.54) is 0 Å². The number of nitrogens with zero attached hydrogens (tertiary/aromatic N) is 5. The van der Waals surface area contributed by atoms with E-state index in [1.54, 1.807) is 6.20 Å². The summed E-state index contributed by atoms with van der Waals surface area (Å²) >= 11 is 6.08. The van der Waals surface area contributed by atoms with Gasteiger partial charge in [-0.25, -0.2) is 4.98 Å². The summed E-state index contributed by atoms with van der Waals surface area (Å²) in [6.07, 6.45) is 5.94. The Hall–Kier alpha value is -2.60. The summed E-state index contributed by atoms with van der Waals surface area (Å²) in [5.74, 6) is 2.87.